The number of piperazine rings is 1. The van der Waals surface area contributed by atoms with Gasteiger partial charge in [-0.25, -0.2) is 14.3 Å². The summed E-state index contributed by atoms with van der Waals surface area (Å²) in [5.74, 6) is -0.626. The summed E-state index contributed by atoms with van der Waals surface area (Å²) in [5, 5.41) is 1.97. The van der Waals surface area contributed by atoms with Gasteiger partial charge in [-0.1, -0.05) is 61.0 Å². The molecule has 0 bridgehead atoms. The van der Waals surface area contributed by atoms with E-state index in [1.54, 1.807) is 28.8 Å². The largest absolute Gasteiger partial charge is 0.382 e. The number of aromatic nitrogens is 3. The van der Waals surface area contributed by atoms with Gasteiger partial charge in [0.25, 0.3) is 11.5 Å². The molecule has 1 aliphatic heterocycles. The van der Waals surface area contributed by atoms with Crippen molar-refractivity contribution >= 4 is 46.0 Å². The van der Waals surface area contributed by atoms with Gasteiger partial charge in [0.1, 0.15) is 0 Å². The number of primary amides is 1. The molecule has 11 heteroatoms. The predicted molar refractivity (Wildman–Crippen MR) is 179 cm³/mol. The van der Waals surface area contributed by atoms with Crippen molar-refractivity contribution in [1.29, 1.82) is 0 Å². The van der Waals surface area contributed by atoms with Crippen LogP contribution in [0.25, 0.3) is 27.7 Å². The van der Waals surface area contributed by atoms with E-state index < -0.39 is 5.91 Å². The van der Waals surface area contributed by atoms with Crippen LogP contribution in [0.5, 0.6) is 0 Å². The average Bonchev–Trinajstić information content (AvgIpc) is 3.03. The Labute approximate surface area is 265 Å². The minimum absolute atomic E-state index is 0.00428. The van der Waals surface area contributed by atoms with Gasteiger partial charge >= 0.3 is 0 Å². The zero-order valence-electron chi connectivity index (χ0n) is 24.6. The molecule has 0 saturated carbocycles. The standard InChI is InChI=1S/C17H14ClNO.C16H20N6OS/c1-2-13-11-12-7-6-10-15(18)16(12)17(20)19(13)14-8-4-3-5-9-14;1-21-5-7-22(8-6-21)24-12-4-2-3-11(9-12)13-10-19-15(17)14(20-13)16(18)23/h3-11H,2H2,1H3;2-4,9-10H,5-8H2,1H3,(H2,17,19)(H2,18,23). The minimum atomic E-state index is -0.676. The zero-order valence-corrected chi connectivity index (χ0v) is 26.2. The van der Waals surface area contributed by atoms with Crippen molar-refractivity contribution in [3.05, 3.63) is 112 Å². The third kappa shape index (κ3) is 7.11. The van der Waals surface area contributed by atoms with Crippen molar-refractivity contribution in [1.82, 2.24) is 23.7 Å². The number of likely N-dealkylation sites (N-methyl/N-ethyl adjacent to an activating group) is 1. The Morgan fingerprint density at radius 3 is 2.41 bits per heavy atom. The van der Waals surface area contributed by atoms with E-state index in [1.165, 1.54) is 0 Å². The Balaban J connectivity index is 0.000000177. The monoisotopic (exact) mass is 627 g/mol. The van der Waals surface area contributed by atoms with Crippen LogP contribution in [-0.2, 0) is 6.42 Å². The molecular formula is C33H34ClN7O2S. The maximum absolute atomic E-state index is 12.8. The first-order chi connectivity index (χ1) is 21.2. The summed E-state index contributed by atoms with van der Waals surface area (Å²) in [6, 6.07) is 25.3. The highest BCUT2D eigenvalue weighted by Crippen LogP contribution is 2.28. The number of aryl methyl sites for hydroxylation is 1. The number of para-hydroxylation sites is 1. The Bertz CT molecular complexity index is 1840. The average molecular weight is 628 g/mol. The number of halogens is 1. The maximum atomic E-state index is 12.8. The second-order valence-corrected chi connectivity index (χ2v) is 12.0. The van der Waals surface area contributed by atoms with Crippen LogP contribution in [0.4, 0.5) is 5.82 Å². The summed E-state index contributed by atoms with van der Waals surface area (Å²) in [5.41, 5.74) is 14.2. The molecular weight excluding hydrogens is 594 g/mol. The van der Waals surface area contributed by atoms with E-state index in [4.69, 9.17) is 23.1 Å². The number of amides is 1. The lowest BCUT2D eigenvalue weighted by Gasteiger charge is -2.31. The fourth-order valence-corrected chi connectivity index (χ4v) is 6.18. The molecule has 3 heterocycles. The van der Waals surface area contributed by atoms with Crippen LogP contribution in [0.2, 0.25) is 5.02 Å². The maximum Gasteiger partial charge on any atom is 0.271 e. The number of benzene rings is 3. The number of fused-ring (bicyclic) bond motifs is 1. The third-order valence-electron chi connectivity index (χ3n) is 7.31. The zero-order chi connectivity index (χ0) is 31.2. The summed E-state index contributed by atoms with van der Waals surface area (Å²) in [6.07, 6.45) is 2.34. The Morgan fingerprint density at radius 1 is 0.977 bits per heavy atom. The number of nitrogens with two attached hydrogens (primary N) is 2. The number of rotatable bonds is 6. The van der Waals surface area contributed by atoms with Gasteiger partial charge in [-0.3, -0.25) is 14.2 Å². The first-order valence-corrected chi connectivity index (χ1v) is 15.4. The molecule has 0 aliphatic carbocycles. The van der Waals surface area contributed by atoms with Crippen LogP contribution < -0.4 is 17.0 Å². The molecule has 6 rings (SSSR count). The van der Waals surface area contributed by atoms with Gasteiger partial charge in [0.15, 0.2) is 11.5 Å². The Morgan fingerprint density at radius 2 is 1.70 bits per heavy atom. The molecule has 9 nitrogen and oxygen atoms in total. The Kier molecular flexibility index (Phi) is 9.96. The topological polar surface area (TPSA) is 123 Å². The van der Waals surface area contributed by atoms with Crippen LogP contribution >= 0.6 is 23.5 Å². The second kappa shape index (κ2) is 14.0. The first kappa shape index (κ1) is 31.2. The molecule has 0 unspecified atom stereocenters. The molecule has 226 valence electrons. The molecule has 4 N–H and O–H groups in total. The van der Waals surface area contributed by atoms with E-state index in [0.717, 1.165) is 59.8 Å². The van der Waals surface area contributed by atoms with E-state index in [1.807, 2.05) is 73.7 Å². The molecule has 1 fully saturated rings. The molecule has 1 aliphatic rings. The van der Waals surface area contributed by atoms with Crippen molar-refractivity contribution in [2.75, 3.05) is 39.0 Å². The summed E-state index contributed by atoms with van der Waals surface area (Å²) in [4.78, 5) is 35.9. The number of carbonyl (C=O) groups is 1. The van der Waals surface area contributed by atoms with Gasteiger partial charge in [-0.2, -0.15) is 0 Å². The molecule has 2 aromatic heterocycles. The van der Waals surface area contributed by atoms with Crippen LogP contribution in [0.15, 0.2) is 94.7 Å². The molecule has 1 saturated heterocycles. The van der Waals surface area contributed by atoms with Crippen LogP contribution in [-0.4, -0.2) is 62.9 Å². The van der Waals surface area contributed by atoms with Crippen molar-refractivity contribution in [3.63, 3.8) is 0 Å². The summed E-state index contributed by atoms with van der Waals surface area (Å²) in [7, 11) is 2.14. The van der Waals surface area contributed by atoms with Gasteiger partial charge in [0.05, 0.1) is 22.3 Å². The molecule has 5 aromatic rings. The molecule has 0 spiro atoms. The number of nitrogen functional groups attached to an aromatic ring is 1. The molecule has 3 aromatic carbocycles. The van der Waals surface area contributed by atoms with E-state index in [2.05, 4.69) is 32.3 Å². The third-order valence-corrected chi connectivity index (χ3v) is 8.71. The van der Waals surface area contributed by atoms with Gasteiger partial charge in [-0.05, 0) is 67.2 Å². The van der Waals surface area contributed by atoms with E-state index in [0.29, 0.717) is 16.1 Å². The number of pyridine rings is 1. The molecule has 44 heavy (non-hydrogen) atoms. The molecule has 1 amide bonds. The second-order valence-electron chi connectivity index (χ2n) is 10.4. The summed E-state index contributed by atoms with van der Waals surface area (Å²) in [6.45, 7) is 6.23. The lowest BCUT2D eigenvalue weighted by atomic mass is 10.1. The minimum Gasteiger partial charge on any atom is -0.382 e. The molecule has 0 radical (unpaired) electrons. The lowest BCUT2D eigenvalue weighted by Crippen LogP contribution is -2.40. The number of hydrogen-bond acceptors (Lipinski definition) is 8. The number of anilines is 1. The lowest BCUT2D eigenvalue weighted by molar-refractivity contribution is 0.0996. The van der Waals surface area contributed by atoms with Crippen LogP contribution in [0, 0.1) is 0 Å². The van der Waals surface area contributed by atoms with E-state index in [9.17, 15) is 9.59 Å². The predicted octanol–water partition coefficient (Wildman–Crippen LogP) is 5.29. The fourth-order valence-electron chi connectivity index (χ4n) is 4.95. The van der Waals surface area contributed by atoms with Gasteiger partial charge < -0.3 is 16.4 Å². The smallest absolute Gasteiger partial charge is 0.271 e. The van der Waals surface area contributed by atoms with E-state index in [-0.39, 0.29) is 17.1 Å². The van der Waals surface area contributed by atoms with Crippen LogP contribution in [0.3, 0.4) is 0 Å². The van der Waals surface area contributed by atoms with Crippen molar-refractivity contribution < 1.29 is 4.79 Å². The number of hydrogen-bond donors (Lipinski definition) is 2. The van der Waals surface area contributed by atoms with Crippen molar-refractivity contribution in [3.8, 4) is 16.9 Å². The highest BCUT2D eigenvalue weighted by molar-refractivity contribution is 7.97. The number of carbonyl (C=O) groups excluding carboxylic acids is 1. The summed E-state index contributed by atoms with van der Waals surface area (Å²) < 4.78 is 4.09. The van der Waals surface area contributed by atoms with Crippen LogP contribution in [0.1, 0.15) is 23.1 Å². The van der Waals surface area contributed by atoms with Crippen molar-refractivity contribution in [2.24, 2.45) is 5.73 Å². The fraction of sp³-hybridized carbons (Fsp3) is 0.212. The summed E-state index contributed by atoms with van der Waals surface area (Å²) >= 11 is 7.94. The first-order valence-electron chi connectivity index (χ1n) is 14.3. The Hall–Kier alpha value is -4.22. The van der Waals surface area contributed by atoms with Gasteiger partial charge in [0.2, 0.25) is 0 Å². The normalized spacial score (nSPS) is 13.8. The quantitative estimate of drug-likeness (QED) is 0.244. The number of nitrogens with zero attached hydrogens (tertiary/aromatic N) is 5. The molecule has 0 atom stereocenters. The van der Waals surface area contributed by atoms with Crippen molar-refractivity contribution in [2.45, 2.75) is 18.2 Å². The van der Waals surface area contributed by atoms with Gasteiger partial charge in [0, 0.05) is 48.0 Å². The highest BCUT2D eigenvalue weighted by atomic mass is 35.5. The SMILES string of the molecule is CCc1cc2cccc(Cl)c2c(=O)n1-c1ccccc1.CN1CCN(Sc2cccc(-c3cnc(N)c(C(N)=O)n3)c2)CC1. The van der Waals surface area contributed by atoms with E-state index >= 15 is 0 Å². The van der Waals surface area contributed by atoms with Gasteiger partial charge in [-0.15, -0.1) is 0 Å². The highest BCUT2D eigenvalue weighted by Gasteiger charge is 2.16.